The van der Waals surface area contributed by atoms with Crippen molar-refractivity contribution < 1.29 is 27.5 Å². The average molecular weight is 344 g/mol. The number of carboxylic acids is 1. The molecule has 0 bridgehead atoms. The third-order valence-corrected chi connectivity index (χ3v) is 4.29. The minimum atomic E-state index is -3.69. The molecule has 3 N–H and O–H groups in total. The van der Waals surface area contributed by atoms with Gasteiger partial charge in [0.2, 0.25) is 10.0 Å². The van der Waals surface area contributed by atoms with Crippen LogP contribution in [0.5, 0.6) is 0 Å². The van der Waals surface area contributed by atoms with Gasteiger partial charge in [-0.25, -0.2) is 12.8 Å². The van der Waals surface area contributed by atoms with Crippen LogP contribution in [0.15, 0.2) is 18.2 Å². The average Bonchev–Trinajstić information content (AvgIpc) is 2.36. The Kier molecular flexibility index (Phi) is 4.60. The molecular weight excluding hydrogens is 327 g/mol. The van der Waals surface area contributed by atoms with Crippen LogP contribution in [0.3, 0.4) is 0 Å². The summed E-state index contributed by atoms with van der Waals surface area (Å²) in [7, 11) is -3.69. The fraction of sp³-hybridized carbons (Fsp3) is 0.429. The van der Waals surface area contributed by atoms with Crippen molar-refractivity contribution in [3.05, 3.63) is 29.6 Å². The molecule has 0 spiro atoms. The van der Waals surface area contributed by atoms with E-state index < -0.39 is 33.3 Å². The van der Waals surface area contributed by atoms with Crippen LogP contribution in [0.1, 0.15) is 36.0 Å². The van der Waals surface area contributed by atoms with Gasteiger partial charge in [0.25, 0.3) is 5.91 Å². The highest BCUT2D eigenvalue weighted by atomic mass is 32.2. The number of carbonyl (C=O) groups is 2. The molecule has 9 heteroatoms. The number of amides is 1. The van der Waals surface area contributed by atoms with E-state index in [2.05, 4.69) is 5.32 Å². The van der Waals surface area contributed by atoms with Crippen LogP contribution in [0.25, 0.3) is 0 Å². The molecule has 126 valence electrons. The third-order valence-electron chi connectivity index (χ3n) is 3.70. The van der Waals surface area contributed by atoms with E-state index in [0.717, 1.165) is 24.8 Å². The Labute approximate surface area is 132 Å². The van der Waals surface area contributed by atoms with Crippen LogP contribution >= 0.6 is 0 Å². The minimum absolute atomic E-state index is 0.0502. The van der Waals surface area contributed by atoms with Crippen LogP contribution in [0, 0.1) is 5.82 Å². The summed E-state index contributed by atoms with van der Waals surface area (Å²) in [5.74, 6) is -2.39. The number of sulfonamides is 1. The molecule has 1 saturated carbocycles. The largest absolute Gasteiger partial charge is 0.481 e. The molecule has 1 aromatic rings. The van der Waals surface area contributed by atoms with Crippen molar-refractivity contribution in [3.8, 4) is 0 Å². The molecule has 0 atom stereocenters. The van der Waals surface area contributed by atoms with E-state index in [1.807, 2.05) is 4.72 Å². The molecule has 0 saturated heterocycles. The number of halogens is 1. The van der Waals surface area contributed by atoms with E-state index in [1.54, 1.807) is 0 Å². The molecule has 1 aliphatic rings. The van der Waals surface area contributed by atoms with Crippen molar-refractivity contribution in [2.24, 2.45) is 0 Å². The summed E-state index contributed by atoms with van der Waals surface area (Å²) in [5, 5.41) is 11.6. The summed E-state index contributed by atoms with van der Waals surface area (Å²) in [4.78, 5) is 23.2. The first-order valence-corrected chi connectivity index (χ1v) is 8.81. The molecule has 0 unspecified atom stereocenters. The highest BCUT2D eigenvalue weighted by Crippen LogP contribution is 2.35. The fourth-order valence-electron chi connectivity index (χ4n) is 2.50. The van der Waals surface area contributed by atoms with E-state index in [9.17, 15) is 22.4 Å². The Morgan fingerprint density at radius 2 is 2.00 bits per heavy atom. The van der Waals surface area contributed by atoms with Gasteiger partial charge in [0.05, 0.1) is 23.9 Å². The fourth-order valence-corrected chi connectivity index (χ4v) is 3.05. The van der Waals surface area contributed by atoms with Crippen LogP contribution in [-0.4, -0.2) is 37.2 Å². The highest BCUT2D eigenvalue weighted by molar-refractivity contribution is 7.92. The summed E-state index contributed by atoms with van der Waals surface area (Å²) in [5.41, 5.74) is -1.07. The number of hydrogen-bond acceptors (Lipinski definition) is 4. The van der Waals surface area contributed by atoms with Crippen molar-refractivity contribution in [1.29, 1.82) is 0 Å². The van der Waals surface area contributed by atoms with Crippen molar-refractivity contribution in [2.75, 3.05) is 11.0 Å². The summed E-state index contributed by atoms with van der Waals surface area (Å²) in [6, 6.07) is 3.27. The number of hydrogen-bond donors (Lipinski definition) is 3. The highest BCUT2D eigenvalue weighted by Gasteiger charge is 2.40. The SMILES string of the molecule is CS(=O)(=O)Nc1cc(C(=O)NC2(CC(=O)O)CCC2)ccc1F. The Hall–Kier alpha value is -2.16. The van der Waals surface area contributed by atoms with Gasteiger partial charge in [0, 0.05) is 5.56 Å². The van der Waals surface area contributed by atoms with Crippen molar-refractivity contribution in [2.45, 2.75) is 31.2 Å². The lowest BCUT2D eigenvalue weighted by molar-refractivity contribution is -0.139. The Morgan fingerprint density at radius 1 is 1.35 bits per heavy atom. The summed E-state index contributed by atoms with van der Waals surface area (Å²) in [6.45, 7) is 0. The Balaban J connectivity index is 2.19. The standard InChI is InChI=1S/C14H17FN2O5S/c1-23(21,22)17-11-7-9(3-4-10(11)15)13(20)16-14(5-2-6-14)8-12(18)19/h3-4,7,17H,2,5-6,8H2,1H3,(H,16,20)(H,18,19). The molecule has 1 amide bonds. The topological polar surface area (TPSA) is 113 Å². The van der Waals surface area contributed by atoms with Crippen molar-refractivity contribution in [3.63, 3.8) is 0 Å². The maximum Gasteiger partial charge on any atom is 0.305 e. The van der Waals surface area contributed by atoms with Gasteiger partial charge in [-0.15, -0.1) is 0 Å². The second-order valence-electron chi connectivity index (χ2n) is 5.73. The van der Waals surface area contributed by atoms with Crippen LogP contribution in [0.2, 0.25) is 0 Å². The number of benzene rings is 1. The predicted octanol–water partition coefficient (Wildman–Crippen LogP) is 1.32. The summed E-state index contributed by atoms with van der Waals surface area (Å²) < 4.78 is 38.0. The van der Waals surface area contributed by atoms with Crippen LogP contribution < -0.4 is 10.0 Å². The first kappa shape index (κ1) is 17.2. The molecule has 1 aromatic carbocycles. The predicted molar refractivity (Wildman–Crippen MR) is 81.2 cm³/mol. The van der Waals surface area contributed by atoms with E-state index in [0.29, 0.717) is 12.8 Å². The van der Waals surface area contributed by atoms with Gasteiger partial charge in [-0.3, -0.25) is 14.3 Å². The number of carbonyl (C=O) groups excluding carboxylic acids is 1. The Bertz CT molecular complexity index is 744. The second-order valence-corrected chi connectivity index (χ2v) is 7.48. The lowest BCUT2D eigenvalue weighted by Gasteiger charge is -2.41. The number of rotatable bonds is 6. The van der Waals surface area contributed by atoms with E-state index in [1.165, 1.54) is 6.07 Å². The Morgan fingerprint density at radius 3 is 2.48 bits per heavy atom. The van der Waals surface area contributed by atoms with Crippen LogP contribution in [0.4, 0.5) is 10.1 Å². The minimum Gasteiger partial charge on any atom is -0.481 e. The lowest BCUT2D eigenvalue weighted by atomic mass is 9.74. The maximum atomic E-state index is 13.6. The molecule has 7 nitrogen and oxygen atoms in total. The molecule has 23 heavy (non-hydrogen) atoms. The second kappa shape index (κ2) is 6.15. The molecule has 1 aliphatic carbocycles. The number of aliphatic carboxylic acids is 1. The molecule has 0 aliphatic heterocycles. The van der Waals surface area contributed by atoms with Gasteiger partial charge in [0.1, 0.15) is 5.82 Å². The molecule has 2 rings (SSSR count). The zero-order chi connectivity index (χ0) is 17.3. The molecular formula is C14H17FN2O5S. The van der Waals surface area contributed by atoms with Gasteiger partial charge >= 0.3 is 5.97 Å². The zero-order valence-electron chi connectivity index (χ0n) is 12.4. The number of anilines is 1. The van der Waals surface area contributed by atoms with Crippen molar-refractivity contribution >= 4 is 27.6 Å². The maximum absolute atomic E-state index is 13.6. The molecule has 0 radical (unpaired) electrons. The summed E-state index contributed by atoms with van der Waals surface area (Å²) >= 11 is 0. The van der Waals surface area contributed by atoms with Gasteiger partial charge in [-0.05, 0) is 37.5 Å². The first-order chi connectivity index (χ1) is 10.6. The number of nitrogens with one attached hydrogen (secondary N) is 2. The molecule has 0 heterocycles. The van der Waals surface area contributed by atoms with Crippen LogP contribution in [-0.2, 0) is 14.8 Å². The smallest absolute Gasteiger partial charge is 0.305 e. The van der Waals surface area contributed by atoms with Gasteiger partial charge in [-0.2, -0.15) is 0 Å². The van der Waals surface area contributed by atoms with E-state index in [-0.39, 0.29) is 17.7 Å². The van der Waals surface area contributed by atoms with E-state index >= 15 is 0 Å². The first-order valence-electron chi connectivity index (χ1n) is 6.92. The van der Waals surface area contributed by atoms with Gasteiger partial charge in [0.15, 0.2) is 0 Å². The third kappa shape index (κ3) is 4.41. The lowest BCUT2D eigenvalue weighted by Crippen LogP contribution is -2.54. The monoisotopic (exact) mass is 344 g/mol. The normalized spacial score (nSPS) is 16.3. The van der Waals surface area contributed by atoms with Gasteiger partial charge in [-0.1, -0.05) is 0 Å². The zero-order valence-corrected chi connectivity index (χ0v) is 13.2. The number of carboxylic acid groups (broad SMARTS) is 1. The summed E-state index contributed by atoms with van der Waals surface area (Å²) in [6.07, 6.45) is 2.61. The van der Waals surface area contributed by atoms with Gasteiger partial charge < -0.3 is 10.4 Å². The van der Waals surface area contributed by atoms with Crippen molar-refractivity contribution in [1.82, 2.24) is 5.32 Å². The molecule has 0 aromatic heterocycles. The molecule has 1 fully saturated rings. The van der Waals surface area contributed by atoms with E-state index in [4.69, 9.17) is 5.11 Å². The quantitative estimate of drug-likeness (QED) is 0.720.